The maximum atomic E-state index is 11.7. The molecule has 1 rings (SSSR count). The van der Waals surface area contributed by atoms with Gasteiger partial charge in [-0.3, -0.25) is 14.9 Å². The predicted octanol–water partition coefficient (Wildman–Crippen LogP) is -0.890. The lowest BCUT2D eigenvalue weighted by molar-refractivity contribution is -0.138. The van der Waals surface area contributed by atoms with Crippen LogP contribution in [0.3, 0.4) is 0 Å². The zero-order valence-corrected chi connectivity index (χ0v) is 11.2. The van der Waals surface area contributed by atoms with Gasteiger partial charge in [0.1, 0.15) is 0 Å². The van der Waals surface area contributed by atoms with Crippen molar-refractivity contribution in [3.05, 3.63) is 0 Å². The quantitative estimate of drug-likeness (QED) is 0.582. The minimum atomic E-state index is -3.60. The molecule has 0 radical (unpaired) electrons. The van der Waals surface area contributed by atoms with Crippen LogP contribution in [0.25, 0.3) is 0 Å². The number of carbonyl (C=O) groups is 3. The molecule has 1 fully saturated rings. The van der Waals surface area contributed by atoms with Gasteiger partial charge in [-0.2, -0.15) is 0 Å². The molecule has 9 heteroatoms. The van der Waals surface area contributed by atoms with Crippen LogP contribution in [0.1, 0.15) is 19.8 Å². The molecule has 8 nitrogen and oxygen atoms in total. The first-order valence-corrected chi connectivity index (χ1v) is 7.51. The van der Waals surface area contributed by atoms with Crippen molar-refractivity contribution >= 4 is 27.7 Å². The number of hydrogen-bond acceptors (Lipinski definition) is 5. The van der Waals surface area contributed by atoms with Crippen LogP contribution in [0.4, 0.5) is 4.79 Å². The molecule has 0 aromatic rings. The summed E-state index contributed by atoms with van der Waals surface area (Å²) < 4.78 is 23.4. The van der Waals surface area contributed by atoms with E-state index < -0.39 is 44.7 Å². The summed E-state index contributed by atoms with van der Waals surface area (Å²) in [6.45, 7) is 2.02. The van der Waals surface area contributed by atoms with E-state index >= 15 is 0 Å². The van der Waals surface area contributed by atoms with E-state index in [4.69, 9.17) is 5.11 Å². The van der Waals surface area contributed by atoms with Crippen molar-refractivity contribution in [3.8, 4) is 0 Å². The minimum Gasteiger partial charge on any atom is -0.481 e. The molecule has 0 unspecified atom stereocenters. The molecular formula is C10H16N2O6S. The third-order valence-electron chi connectivity index (χ3n) is 2.71. The van der Waals surface area contributed by atoms with Gasteiger partial charge in [0.15, 0.2) is 9.84 Å². The van der Waals surface area contributed by atoms with Crippen molar-refractivity contribution in [1.29, 1.82) is 0 Å². The van der Waals surface area contributed by atoms with Crippen molar-refractivity contribution in [2.45, 2.75) is 25.0 Å². The number of sulfone groups is 1. The van der Waals surface area contributed by atoms with Gasteiger partial charge in [-0.15, -0.1) is 0 Å². The highest BCUT2D eigenvalue weighted by Crippen LogP contribution is 2.37. The lowest BCUT2D eigenvalue weighted by Crippen LogP contribution is -2.40. The fraction of sp³-hybridized carbons (Fsp3) is 0.700. The van der Waals surface area contributed by atoms with Crippen LogP contribution in [0.5, 0.6) is 0 Å². The zero-order chi connectivity index (χ0) is 14.6. The third kappa shape index (κ3) is 4.51. The van der Waals surface area contributed by atoms with Gasteiger partial charge in [0.05, 0.1) is 16.9 Å². The van der Waals surface area contributed by atoms with Gasteiger partial charge in [0.2, 0.25) is 5.91 Å². The Hall–Kier alpha value is -1.64. The molecule has 0 spiro atoms. The number of carboxylic acid groups (broad SMARTS) is 1. The second-order valence-corrected chi connectivity index (χ2v) is 6.58. The molecule has 19 heavy (non-hydrogen) atoms. The first-order valence-electron chi connectivity index (χ1n) is 5.80. The van der Waals surface area contributed by atoms with E-state index in [9.17, 15) is 22.8 Å². The Morgan fingerprint density at radius 2 is 1.95 bits per heavy atom. The molecule has 108 valence electrons. The Kier molecular flexibility index (Phi) is 4.87. The van der Waals surface area contributed by atoms with E-state index in [-0.39, 0.29) is 12.8 Å². The maximum absolute atomic E-state index is 11.7. The third-order valence-corrected chi connectivity index (χ3v) is 4.93. The molecule has 0 heterocycles. The van der Waals surface area contributed by atoms with Gasteiger partial charge < -0.3 is 10.4 Å². The number of aliphatic carboxylic acids is 1. The van der Waals surface area contributed by atoms with Crippen LogP contribution in [0.15, 0.2) is 0 Å². The fourth-order valence-corrected chi connectivity index (χ4v) is 3.50. The summed E-state index contributed by atoms with van der Waals surface area (Å²) in [5.41, 5.74) is 0. The van der Waals surface area contributed by atoms with E-state index in [1.165, 1.54) is 0 Å². The van der Waals surface area contributed by atoms with Crippen molar-refractivity contribution in [1.82, 2.24) is 10.6 Å². The summed E-state index contributed by atoms with van der Waals surface area (Å²) in [4.78, 5) is 32.9. The molecule has 0 aromatic carbocycles. The summed E-state index contributed by atoms with van der Waals surface area (Å²) in [6, 6.07) is -0.681. The first kappa shape index (κ1) is 15.4. The highest BCUT2D eigenvalue weighted by molar-refractivity contribution is 7.92. The van der Waals surface area contributed by atoms with E-state index in [1.54, 1.807) is 6.92 Å². The average Bonchev–Trinajstić information content (AvgIpc) is 3.07. The summed E-state index contributed by atoms with van der Waals surface area (Å²) in [5, 5.41) is 12.1. The van der Waals surface area contributed by atoms with E-state index in [2.05, 4.69) is 5.32 Å². The van der Waals surface area contributed by atoms with E-state index in [0.29, 0.717) is 6.54 Å². The maximum Gasteiger partial charge on any atom is 0.321 e. The monoisotopic (exact) mass is 292 g/mol. The summed E-state index contributed by atoms with van der Waals surface area (Å²) in [7, 11) is -3.60. The topological polar surface area (TPSA) is 130 Å². The Morgan fingerprint density at radius 3 is 2.42 bits per heavy atom. The van der Waals surface area contributed by atoms with E-state index in [0.717, 1.165) is 0 Å². The molecule has 0 aliphatic heterocycles. The number of imide groups is 1. The Balaban J connectivity index is 2.38. The van der Waals surface area contributed by atoms with Crippen LogP contribution >= 0.6 is 0 Å². The van der Waals surface area contributed by atoms with Gasteiger partial charge in [-0.25, -0.2) is 13.2 Å². The van der Waals surface area contributed by atoms with E-state index in [1.807, 2.05) is 5.32 Å². The number of urea groups is 1. The minimum absolute atomic E-state index is 0.0929. The standard InChI is InChI=1S/C10H16N2O6S/c1-2-11-10(16)12-8(13)3-4-19(17,18)7-5-6(7)9(14)15/h6-7H,2-5H2,1H3,(H,14,15)(H2,11,12,13,16)/t6-,7-/m1/s1. The molecular weight excluding hydrogens is 276 g/mol. The average molecular weight is 292 g/mol. The fourth-order valence-electron chi connectivity index (χ4n) is 1.61. The number of amides is 3. The smallest absolute Gasteiger partial charge is 0.321 e. The van der Waals surface area contributed by atoms with Crippen LogP contribution in [0, 0.1) is 5.92 Å². The zero-order valence-electron chi connectivity index (χ0n) is 10.4. The summed E-state index contributed by atoms with van der Waals surface area (Å²) >= 11 is 0. The molecule has 1 aliphatic carbocycles. The Morgan fingerprint density at radius 1 is 1.32 bits per heavy atom. The van der Waals surface area contributed by atoms with Gasteiger partial charge in [0.25, 0.3) is 0 Å². The molecule has 3 amide bonds. The number of carbonyl (C=O) groups excluding carboxylic acids is 2. The second-order valence-electron chi connectivity index (χ2n) is 4.24. The van der Waals surface area contributed by atoms with Gasteiger partial charge in [-0.05, 0) is 13.3 Å². The van der Waals surface area contributed by atoms with Crippen LogP contribution in [-0.4, -0.2) is 49.0 Å². The highest BCUT2D eigenvalue weighted by Gasteiger charge is 2.51. The first-order chi connectivity index (χ1) is 8.77. The van der Waals surface area contributed by atoms with Gasteiger partial charge in [0, 0.05) is 13.0 Å². The second kappa shape index (κ2) is 6.00. The SMILES string of the molecule is CCNC(=O)NC(=O)CCS(=O)(=O)[C@@H]1C[C@H]1C(=O)O. The molecule has 0 saturated heterocycles. The Bertz CT molecular complexity index is 486. The molecule has 1 aliphatic rings. The van der Waals surface area contributed by atoms with Crippen LogP contribution in [-0.2, 0) is 19.4 Å². The molecule has 2 atom stereocenters. The number of carboxylic acids is 1. The largest absolute Gasteiger partial charge is 0.481 e. The lowest BCUT2D eigenvalue weighted by atomic mass is 10.4. The normalized spacial score (nSPS) is 21.5. The Labute approximate surface area is 110 Å². The predicted molar refractivity (Wildman–Crippen MR) is 65.2 cm³/mol. The lowest BCUT2D eigenvalue weighted by Gasteiger charge is -2.05. The summed E-state index contributed by atoms with van der Waals surface area (Å²) in [5.74, 6) is -3.16. The number of nitrogens with one attached hydrogen (secondary N) is 2. The number of rotatable bonds is 6. The van der Waals surface area contributed by atoms with Gasteiger partial charge >= 0.3 is 12.0 Å². The van der Waals surface area contributed by atoms with Gasteiger partial charge in [-0.1, -0.05) is 0 Å². The molecule has 0 bridgehead atoms. The van der Waals surface area contributed by atoms with Crippen molar-refractivity contribution < 1.29 is 27.9 Å². The summed E-state index contributed by atoms with van der Waals surface area (Å²) in [6.07, 6.45) is -0.266. The van der Waals surface area contributed by atoms with Crippen molar-refractivity contribution in [2.24, 2.45) is 5.92 Å². The highest BCUT2D eigenvalue weighted by atomic mass is 32.2. The van der Waals surface area contributed by atoms with Crippen LogP contribution in [0.2, 0.25) is 0 Å². The molecule has 1 saturated carbocycles. The van der Waals surface area contributed by atoms with Crippen molar-refractivity contribution in [3.63, 3.8) is 0 Å². The number of hydrogen-bond donors (Lipinski definition) is 3. The molecule has 3 N–H and O–H groups in total. The molecule has 0 aromatic heterocycles. The van der Waals surface area contributed by atoms with Crippen LogP contribution < -0.4 is 10.6 Å². The van der Waals surface area contributed by atoms with Crippen molar-refractivity contribution in [2.75, 3.05) is 12.3 Å².